The summed E-state index contributed by atoms with van der Waals surface area (Å²) < 4.78 is 23.0. The third-order valence-electron chi connectivity index (χ3n) is 3.78. The lowest BCUT2D eigenvalue weighted by Gasteiger charge is -2.21. The number of hydrogen-bond acceptors (Lipinski definition) is 4. The van der Waals surface area contributed by atoms with Crippen LogP contribution in [0.15, 0.2) is 24.3 Å². The minimum absolute atomic E-state index is 0.229. The third-order valence-corrected chi connectivity index (χ3v) is 5.52. The van der Waals surface area contributed by atoms with Gasteiger partial charge in [0.2, 0.25) is 0 Å². The Balaban J connectivity index is 2.20. The lowest BCUT2D eigenvalue weighted by Crippen LogP contribution is -2.33. The second kappa shape index (κ2) is 5.54. The fourth-order valence-electron chi connectivity index (χ4n) is 2.64. The first-order valence-corrected chi connectivity index (χ1v) is 8.27. The number of aryl methyl sites for hydroxylation is 1. The Hall–Kier alpha value is -1.40. The average molecular weight is 298 g/mol. The minimum atomic E-state index is -3.34. The van der Waals surface area contributed by atoms with E-state index in [1.165, 1.54) is 0 Å². The SMILES string of the molecule is Cc1ccc(CC(C(=O)O)C2CS(=O)(=O)CC2O)cc1. The van der Waals surface area contributed by atoms with Gasteiger partial charge in [-0.2, -0.15) is 0 Å². The number of aliphatic hydroxyl groups is 1. The highest BCUT2D eigenvalue weighted by molar-refractivity contribution is 7.91. The van der Waals surface area contributed by atoms with Gasteiger partial charge in [0.25, 0.3) is 0 Å². The molecular weight excluding hydrogens is 280 g/mol. The standard InChI is InChI=1S/C14H18O5S/c1-9-2-4-10(5-3-9)6-11(14(16)17)12-7-20(18,19)8-13(12)15/h2-5,11-13,15H,6-8H2,1H3,(H,16,17). The van der Waals surface area contributed by atoms with Gasteiger partial charge in [-0.15, -0.1) is 0 Å². The topological polar surface area (TPSA) is 91.7 Å². The van der Waals surface area contributed by atoms with Crippen molar-refractivity contribution in [3.8, 4) is 0 Å². The number of benzene rings is 1. The molecule has 1 heterocycles. The van der Waals surface area contributed by atoms with Crippen LogP contribution < -0.4 is 0 Å². The van der Waals surface area contributed by atoms with E-state index in [0.717, 1.165) is 11.1 Å². The van der Waals surface area contributed by atoms with Crippen LogP contribution in [0.4, 0.5) is 0 Å². The summed E-state index contributed by atoms with van der Waals surface area (Å²) >= 11 is 0. The number of carboxylic acids is 1. The van der Waals surface area contributed by atoms with E-state index >= 15 is 0 Å². The van der Waals surface area contributed by atoms with Crippen LogP contribution >= 0.6 is 0 Å². The summed E-state index contributed by atoms with van der Waals surface area (Å²) in [4.78, 5) is 11.4. The highest BCUT2D eigenvalue weighted by Crippen LogP contribution is 2.29. The van der Waals surface area contributed by atoms with E-state index in [0.29, 0.717) is 0 Å². The molecule has 110 valence electrons. The summed E-state index contributed by atoms with van der Waals surface area (Å²) in [6.07, 6.45) is -0.862. The Kier molecular flexibility index (Phi) is 4.15. The van der Waals surface area contributed by atoms with Gasteiger partial charge in [0.15, 0.2) is 9.84 Å². The maximum absolute atomic E-state index is 11.5. The highest BCUT2D eigenvalue weighted by Gasteiger charge is 2.43. The van der Waals surface area contributed by atoms with Crippen LogP contribution in [-0.4, -0.2) is 42.2 Å². The Morgan fingerprint density at radius 3 is 2.35 bits per heavy atom. The molecule has 3 unspecified atom stereocenters. The summed E-state index contributed by atoms with van der Waals surface area (Å²) in [6, 6.07) is 7.44. The van der Waals surface area contributed by atoms with Crippen molar-refractivity contribution in [2.45, 2.75) is 19.4 Å². The number of aliphatic hydroxyl groups excluding tert-OH is 1. The van der Waals surface area contributed by atoms with Gasteiger partial charge >= 0.3 is 5.97 Å². The zero-order valence-corrected chi connectivity index (χ0v) is 12.0. The molecule has 1 aromatic rings. The molecule has 1 saturated heterocycles. The molecule has 0 aliphatic carbocycles. The maximum Gasteiger partial charge on any atom is 0.307 e. The molecule has 3 atom stereocenters. The van der Waals surface area contributed by atoms with Crippen molar-refractivity contribution in [1.82, 2.24) is 0 Å². The quantitative estimate of drug-likeness (QED) is 0.851. The lowest BCUT2D eigenvalue weighted by molar-refractivity contribution is -0.144. The van der Waals surface area contributed by atoms with Crippen LogP contribution in [0.2, 0.25) is 0 Å². The van der Waals surface area contributed by atoms with Gasteiger partial charge < -0.3 is 10.2 Å². The summed E-state index contributed by atoms with van der Waals surface area (Å²) in [5.41, 5.74) is 1.91. The van der Waals surface area contributed by atoms with Crippen LogP contribution in [0, 0.1) is 18.8 Å². The fraction of sp³-hybridized carbons (Fsp3) is 0.500. The molecular formula is C14H18O5S. The summed E-state index contributed by atoms with van der Waals surface area (Å²) in [7, 11) is -3.34. The van der Waals surface area contributed by atoms with Crippen molar-refractivity contribution < 1.29 is 23.4 Å². The second-order valence-corrected chi connectivity index (χ2v) is 7.60. The first-order chi connectivity index (χ1) is 9.28. The fourth-order valence-corrected chi connectivity index (χ4v) is 4.58. The minimum Gasteiger partial charge on any atom is -0.481 e. The summed E-state index contributed by atoms with van der Waals surface area (Å²) in [5.74, 6) is -3.28. The van der Waals surface area contributed by atoms with E-state index in [1.807, 2.05) is 31.2 Å². The van der Waals surface area contributed by atoms with Crippen molar-refractivity contribution in [3.05, 3.63) is 35.4 Å². The maximum atomic E-state index is 11.5. The van der Waals surface area contributed by atoms with E-state index in [-0.39, 0.29) is 17.9 Å². The summed E-state index contributed by atoms with van der Waals surface area (Å²) in [6.45, 7) is 1.94. The molecule has 0 amide bonds. The van der Waals surface area contributed by atoms with Crippen molar-refractivity contribution in [3.63, 3.8) is 0 Å². The number of aliphatic carboxylic acids is 1. The van der Waals surface area contributed by atoms with Crippen LogP contribution in [0.1, 0.15) is 11.1 Å². The van der Waals surface area contributed by atoms with Crippen LogP contribution in [0.25, 0.3) is 0 Å². The number of sulfone groups is 1. The van der Waals surface area contributed by atoms with E-state index in [1.54, 1.807) is 0 Å². The lowest BCUT2D eigenvalue weighted by atomic mass is 9.85. The highest BCUT2D eigenvalue weighted by atomic mass is 32.2. The van der Waals surface area contributed by atoms with Crippen LogP contribution in [0.5, 0.6) is 0 Å². The Labute approximate surface area is 118 Å². The molecule has 0 saturated carbocycles. The predicted octanol–water partition coefficient (Wildman–Crippen LogP) is 0.644. The van der Waals surface area contributed by atoms with Gasteiger partial charge in [-0.3, -0.25) is 4.79 Å². The molecule has 0 aromatic heterocycles. The van der Waals surface area contributed by atoms with Gasteiger partial charge in [0.1, 0.15) is 0 Å². The normalized spacial score (nSPS) is 26.3. The van der Waals surface area contributed by atoms with Gasteiger partial charge in [0.05, 0.1) is 23.5 Å². The summed E-state index contributed by atoms with van der Waals surface area (Å²) in [5, 5.41) is 19.2. The van der Waals surface area contributed by atoms with Gasteiger partial charge in [0, 0.05) is 5.92 Å². The second-order valence-electron chi connectivity index (χ2n) is 5.44. The van der Waals surface area contributed by atoms with Crippen molar-refractivity contribution in [2.24, 2.45) is 11.8 Å². The van der Waals surface area contributed by atoms with Gasteiger partial charge in [-0.1, -0.05) is 29.8 Å². The van der Waals surface area contributed by atoms with Crippen LogP contribution in [0.3, 0.4) is 0 Å². The van der Waals surface area contributed by atoms with Crippen LogP contribution in [-0.2, 0) is 21.1 Å². The monoisotopic (exact) mass is 298 g/mol. The van der Waals surface area contributed by atoms with E-state index < -0.39 is 33.7 Å². The zero-order chi connectivity index (χ0) is 14.9. The molecule has 1 aliphatic heterocycles. The van der Waals surface area contributed by atoms with Crippen molar-refractivity contribution >= 4 is 15.8 Å². The third kappa shape index (κ3) is 3.37. The molecule has 5 nitrogen and oxygen atoms in total. The largest absolute Gasteiger partial charge is 0.481 e. The number of carbonyl (C=O) groups is 1. The molecule has 20 heavy (non-hydrogen) atoms. The Morgan fingerprint density at radius 1 is 1.30 bits per heavy atom. The first-order valence-electron chi connectivity index (χ1n) is 6.45. The predicted molar refractivity (Wildman–Crippen MR) is 74.2 cm³/mol. The average Bonchev–Trinajstić information content (AvgIpc) is 2.61. The zero-order valence-electron chi connectivity index (χ0n) is 11.2. The first kappa shape index (κ1) is 15.0. The number of rotatable bonds is 4. The van der Waals surface area contributed by atoms with Gasteiger partial charge in [-0.25, -0.2) is 8.42 Å². The Morgan fingerprint density at radius 2 is 1.90 bits per heavy atom. The Bertz CT molecular complexity index is 590. The molecule has 0 bridgehead atoms. The molecule has 2 N–H and O–H groups in total. The molecule has 1 aromatic carbocycles. The number of hydrogen-bond donors (Lipinski definition) is 2. The van der Waals surface area contributed by atoms with E-state index in [9.17, 15) is 23.4 Å². The van der Waals surface area contributed by atoms with Crippen molar-refractivity contribution in [2.75, 3.05) is 11.5 Å². The molecule has 2 rings (SSSR count). The molecule has 6 heteroatoms. The smallest absolute Gasteiger partial charge is 0.307 e. The van der Waals surface area contributed by atoms with Crippen molar-refractivity contribution in [1.29, 1.82) is 0 Å². The molecule has 0 spiro atoms. The number of carboxylic acid groups (broad SMARTS) is 1. The van der Waals surface area contributed by atoms with E-state index in [2.05, 4.69) is 0 Å². The van der Waals surface area contributed by atoms with E-state index in [4.69, 9.17) is 0 Å². The molecule has 1 fully saturated rings. The molecule has 1 aliphatic rings. The van der Waals surface area contributed by atoms with Gasteiger partial charge in [-0.05, 0) is 18.9 Å². The molecule has 0 radical (unpaired) electrons.